The van der Waals surface area contributed by atoms with Gasteiger partial charge >= 0.3 is 0 Å². The molecule has 1 aliphatic heterocycles. The first-order valence-electron chi connectivity index (χ1n) is 8.97. The molecule has 7 nitrogen and oxygen atoms in total. The van der Waals surface area contributed by atoms with Gasteiger partial charge in [-0.15, -0.1) is 24.0 Å². The van der Waals surface area contributed by atoms with Gasteiger partial charge < -0.3 is 15.4 Å². The summed E-state index contributed by atoms with van der Waals surface area (Å²) in [5.41, 5.74) is 0. The van der Waals surface area contributed by atoms with Crippen molar-refractivity contribution in [2.75, 3.05) is 13.1 Å². The van der Waals surface area contributed by atoms with Gasteiger partial charge in [-0.3, -0.25) is 0 Å². The molecule has 2 unspecified atom stereocenters. The predicted octanol–water partition coefficient (Wildman–Crippen LogP) is 2.37. The molecule has 9 heteroatoms. The molecule has 0 amide bonds. The van der Waals surface area contributed by atoms with E-state index in [0.29, 0.717) is 12.3 Å². The second-order valence-electron chi connectivity index (χ2n) is 6.34. The van der Waals surface area contributed by atoms with Crippen molar-refractivity contribution in [1.29, 1.82) is 0 Å². The average molecular weight is 488 g/mol. The van der Waals surface area contributed by atoms with E-state index in [2.05, 4.69) is 25.7 Å². The molecule has 1 aromatic heterocycles. The van der Waals surface area contributed by atoms with Gasteiger partial charge in [-0.1, -0.05) is 6.07 Å². The fourth-order valence-corrected chi connectivity index (χ4v) is 2.90. The van der Waals surface area contributed by atoms with Gasteiger partial charge in [0, 0.05) is 25.1 Å². The minimum Gasteiger partial charge on any atom is -0.489 e. The lowest BCUT2D eigenvalue weighted by Gasteiger charge is -2.25. The smallest absolute Gasteiger partial charge is 0.191 e. The SMILES string of the molecule is CCNC(=NCC(C)Oc1cccc(F)c1)NC1CCc2ncnn2C1.I. The lowest BCUT2D eigenvalue weighted by Crippen LogP contribution is -2.47. The molecule has 2 N–H and O–H groups in total. The van der Waals surface area contributed by atoms with E-state index >= 15 is 0 Å². The van der Waals surface area contributed by atoms with Crippen molar-refractivity contribution in [2.45, 2.75) is 45.4 Å². The second kappa shape index (κ2) is 10.4. The van der Waals surface area contributed by atoms with Crippen molar-refractivity contribution in [1.82, 2.24) is 25.4 Å². The minimum absolute atomic E-state index is 0. The predicted molar refractivity (Wildman–Crippen MR) is 113 cm³/mol. The molecular weight excluding hydrogens is 462 g/mol. The third-order valence-electron chi connectivity index (χ3n) is 4.13. The maximum atomic E-state index is 13.2. The van der Waals surface area contributed by atoms with E-state index in [1.807, 2.05) is 18.5 Å². The number of fused-ring (bicyclic) bond motifs is 1. The number of hydrogen-bond donors (Lipinski definition) is 2. The maximum Gasteiger partial charge on any atom is 0.191 e. The quantitative estimate of drug-likeness (QED) is 0.371. The molecule has 0 saturated heterocycles. The Morgan fingerprint density at radius 2 is 2.33 bits per heavy atom. The first-order chi connectivity index (χ1) is 12.6. The van der Waals surface area contributed by atoms with Crippen molar-refractivity contribution in [3.05, 3.63) is 42.2 Å². The number of ether oxygens (including phenoxy) is 1. The second-order valence-corrected chi connectivity index (χ2v) is 6.34. The van der Waals surface area contributed by atoms with Crippen LogP contribution in [0, 0.1) is 5.82 Å². The van der Waals surface area contributed by atoms with Gasteiger partial charge in [0.1, 0.15) is 29.8 Å². The van der Waals surface area contributed by atoms with E-state index in [1.165, 1.54) is 12.1 Å². The van der Waals surface area contributed by atoms with E-state index in [0.717, 1.165) is 37.7 Å². The molecule has 3 rings (SSSR count). The fourth-order valence-electron chi connectivity index (χ4n) is 2.90. The molecule has 27 heavy (non-hydrogen) atoms. The Morgan fingerprint density at radius 1 is 1.48 bits per heavy atom. The summed E-state index contributed by atoms with van der Waals surface area (Å²) in [4.78, 5) is 8.85. The van der Waals surface area contributed by atoms with Crippen molar-refractivity contribution >= 4 is 29.9 Å². The lowest BCUT2D eigenvalue weighted by molar-refractivity contribution is 0.229. The monoisotopic (exact) mass is 488 g/mol. The average Bonchev–Trinajstić information content (AvgIpc) is 3.08. The number of halogens is 2. The first-order valence-corrected chi connectivity index (χ1v) is 8.97. The van der Waals surface area contributed by atoms with Crippen molar-refractivity contribution < 1.29 is 9.13 Å². The molecule has 2 atom stereocenters. The first kappa shape index (κ1) is 21.4. The highest BCUT2D eigenvalue weighted by Crippen LogP contribution is 2.14. The molecule has 0 spiro atoms. The fraction of sp³-hybridized carbons (Fsp3) is 0.500. The third-order valence-corrected chi connectivity index (χ3v) is 4.13. The van der Waals surface area contributed by atoms with Crippen LogP contribution in [-0.4, -0.2) is 46.0 Å². The van der Waals surface area contributed by atoms with Gasteiger partial charge in [0.2, 0.25) is 0 Å². The Bertz CT molecular complexity index is 753. The number of aromatic nitrogens is 3. The highest BCUT2D eigenvalue weighted by Gasteiger charge is 2.20. The molecule has 148 valence electrons. The van der Waals surface area contributed by atoms with Crippen LogP contribution in [-0.2, 0) is 13.0 Å². The molecule has 1 aromatic carbocycles. The zero-order chi connectivity index (χ0) is 18.4. The summed E-state index contributed by atoms with van der Waals surface area (Å²) in [6.07, 6.45) is 3.32. The lowest BCUT2D eigenvalue weighted by atomic mass is 10.1. The topological polar surface area (TPSA) is 76.4 Å². The molecule has 0 saturated carbocycles. The van der Waals surface area contributed by atoms with E-state index in [9.17, 15) is 4.39 Å². The number of nitrogens with zero attached hydrogens (tertiary/aromatic N) is 4. The molecular formula is C18H26FIN6O. The van der Waals surface area contributed by atoms with Gasteiger partial charge in [0.05, 0.1) is 13.1 Å². The standard InChI is InChI=1S/C18H25FN6O.HI/c1-3-20-18(24-15-7-8-17-22-12-23-25(17)11-15)21-10-13(2)26-16-6-4-5-14(19)9-16;/h4-6,9,12-13,15H,3,7-8,10-11H2,1-2H3,(H2,20,21,24);1H. The van der Waals surface area contributed by atoms with Gasteiger partial charge in [-0.05, 0) is 32.4 Å². The molecule has 0 fully saturated rings. The van der Waals surface area contributed by atoms with Gasteiger partial charge in [0.15, 0.2) is 5.96 Å². The summed E-state index contributed by atoms with van der Waals surface area (Å²) < 4.78 is 20.9. The van der Waals surface area contributed by atoms with Crippen LogP contribution >= 0.6 is 24.0 Å². The molecule has 0 radical (unpaired) electrons. The number of nitrogens with one attached hydrogen (secondary N) is 2. The molecule has 2 aromatic rings. The van der Waals surface area contributed by atoms with Crippen LogP contribution in [0.3, 0.4) is 0 Å². The molecule has 2 heterocycles. The van der Waals surface area contributed by atoms with E-state index in [4.69, 9.17) is 4.74 Å². The van der Waals surface area contributed by atoms with Crippen LogP contribution in [0.5, 0.6) is 5.75 Å². The highest BCUT2D eigenvalue weighted by molar-refractivity contribution is 14.0. The summed E-state index contributed by atoms with van der Waals surface area (Å²) in [6.45, 7) is 5.95. The Kier molecular flexibility index (Phi) is 8.26. The normalized spacial score (nSPS) is 17.4. The summed E-state index contributed by atoms with van der Waals surface area (Å²) >= 11 is 0. The van der Waals surface area contributed by atoms with Gasteiger partial charge in [-0.25, -0.2) is 19.0 Å². The van der Waals surface area contributed by atoms with Crippen LogP contribution in [0.25, 0.3) is 0 Å². The summed E-state index contributed by atoms with van der Waals surface area (Å²) in [7, 11) is 0. The van der Waals surface area contributed by atoms with Crippen molar-refractivity contribution in [3.63, 3.8) is 0 Å². The van der Waals surface area contributed by atoms with Crippen LogP contribution in [0.4, 0.5) is 4.39 Å². The van der Waals surface area contributed by atoms with Crippen LogP contribution in [0.1, 0.15) is 26.1 Å². The molecule has 0 aliphatic carbocycles. The van der Waals surface area contributed by atoms with Crippen LogP contribution < -0.4 is 15.4 Å². The van der Waals surface area contributed by atoms with Crippen molar-refractivity contribution in [3.8, 4) is 5.75 Å². The van der Waals surface area contributed by atoms with E-state index in [1.54, 1.807) is 18.5 Å². The van der Waals surface area contributed by atoms with E-state index < -0.39 is 0 Å². The van der Waals surface area contributed by atoms with Crippen molar-refractivity contribution in [2.24, 2.45) is 4.99 Å². The Labute approximate surface area is 175 Å². The van der Waals surface area contributed by atoms with Crippen LogP contribution in [0.2, 0.25) is 0 Å². The third kappa shape index (κ3) is 6.33. The Hall–Kier alpha value is -1.91. The maximum absolute atomic E-state index is 13.2. The Balaban J connectivity index is 0.00000261. The number of benzene rings is 1. The van der Waals surface area contributed by atoms with Gasteiger partial charge in [0.25, 0.3) is 0 Å². The number of aliphatic imine (C=N–C) groups is 1. The highest BCUT2D eigenvalue weighted by atomic mass is 127. The number of guanidine groups is 1. The van der Waals surface area contributed by atoms with Crippen LogP contribution in [0.15, 0.2) is 35.6 Å². The minimum atomic E-state index is -0.307. The largest absolute Gasteiger partial charge is 0.489 e. The van der Waals surface area contributed by atoms with Gasteiger partial charge in [-0.2, -0.15) is 5.10 Å². The summed E-state index contributed by atoms with van der Waals surface area (Å²) in [5.74, 6) is 1.98. The number of hydrogen-bond acceptors (Lipinski definition) is 4. The molecule has 1 aliphatic rings. The number of rotatable bonds is 6. The summed E-state index contributed by atoms with van der Waals surface area (Å²) in [5, 5.41) is 10.9. The molecule has 0 bridgehead atoms. The van der Waals surface area contributed by atoms with E-state index in [-0.39, 0.29) is 41.9 Å². The summed E-state index contributed by atoms with van der Waals surface area (Å²) in [6, 6.07) is 6.40. The zero-order valence-corrected chi connectivity index (χ0v) is 17.9. The Morgan fingerprint density at radius 3 is 3.11 bits per heavy atom. The zero-order valence-electron chi connectivity index (χ0n) is 15.6. The number of aryl methyl sites for hydroxylation is 1.